The van der Waals surface area contributed by atoms with Gasteiger partial charge < -0.3 is 4.90 Å². The van der Waals surface area contributed by atoms with Crippen LogP contribution in [0.2, 0.25) is 10.0 Å². The van der Waals surface area contributed by atoms with E-state index >= 15 is 0 Å². The summed E-state index contributed by atoms with van der Waals surface area (Å²) in [4.78, 5) is 1.34. The number of benzene rings is 1. The van der Waals surface area contributed by atoms with Crippen molar-refractivity contribution >= 4 is 28.9 Å². The van der Waals surface area contributed by atoms with E-state index in [1.165, 1.54) is 25.1 Å². The minimum atomic E-state index is -4.44. The molecule has 0 aliphatic rings. The number of halogens is 5. The van der Waals surface area contributed by atoms with Crippen LogP contribution in [-0.2, 0) is 6.18 Å². The summed E-state index contributed by atoms with van der Waals surface area (Å²) >= 11 is 11.2. The van der Waals surface area contributed by atoms with Crippen LogP contribution in [0.4, 0.5) is 18.9 Å². The lowest BCUT2D eigenvalue weighted by atomic mass is 10.1. The highest BCUT2D eigenvalue weighted by Gasteiger charge is 2.34. The third-order valence-electron chi connectivity index (χ3n) is 1.83. The highest BCUT2D eigenvalue weighted by molar-refractivity contribution is 6.42. The molecule has 15 heavy (non-hydrogen) atoms. The standard InChI is InChI=1S/C9H8Cl2F3N/c1-15(2)8-4-7(11)6(10)3-5(8)9(12,13)14/h3-4H,1-2H3. The molecule has 0 aromatic heterocycles. The fourth-order valence-electron chi connectivity index (χ4n) is 1.13. The largest absolute Gasteiger partial charge is 0.418 e. The molecular formula is C9H8Cl2F3N. The fourth-order valence-corrected chi connectivity index (χ4v) is 1.45. The van der Waals surface area contributed by atoms with Gasteiger partial charge in [-0.3, -0.25) is 0 Å². The van der Waals surface area contributed by atoms with Crippen molar-refractivity contribution in [2.75, 3.05) is 19.0 Å². The molecule has 1 rings (SSSR count). The SMILES string of the molecule is CN(C)c1cc(Cl)c(Cl)cc1C(F)(F)F. The number of nitrogens with zero attached hydrogens (tertiary/aromatic N) is 1. The first kappa shape index (κ1) is 12.5. The second-order valence-corrected chi connectivity index (χ2v) is 3.99. The third-order valence-corrected chi connectivity index (χ3v) is 2.55. The van der Waals surface area contributed by atoms with E-state index in [4.69, 9.17) is 23.2 Å². The van der Waals surface area contributed by atoms with Gasteiger partial charge in [0.05, 0.1) is 21.3 Å². The van der Waals surface area contributed by atoms with E-state index in [0.29, 0.717) is 0 Å². The van der Waals surface area contributed by atoms with Crippen molar-refractivity contribution in [1.29, 1.82) is 0 Å². The summed E-state index contributed by atoms with van der Waals surface area (Å²) in [5, 5.41) is 0.00274. The van der Waals surface area contributed by atoms with Gasteiger partial charge in [-0.1, -0.05) is 23.2 Å². The molecule has 1 nitrogen and oxygen atoms in total. The smallest absolute Gasteiger partial charge is 0.377 e. The molecule has 0 saturated carbocycles. The third kappa shape index (κ3) is 2.69. The molecule has 6 heteroatoms. The lowest BCUT2D eigenvalue weighted by molar-refractivity contribution is -0.137. The Bertz CT molecular complexity index is 374. The molecule has 0 fully saturated rings. The van der Waals surface area contributed by atoms with E-state index in [-0.39, 0.29) is 15.7 Å². The second kappa shape index (κ2) is 4.10. The van der Waals surface area contributed by atoms with Crippen molar-refractivity contribution in [3.05, 3.63) is 27.7 Å². The Balaban J connectivity index is 3.42. The maximum atomic E-state index is 12.6. The highest BCUT2D eigenvalue weighted by atomic mass is 35.5. The Kier molecular flexibility index (Phi) is 3.41. The highest BCUT2D eigenvalue weighted by Crippen LogP contribution is 2.40. The van der Waals surface area contributed by atoms with Gasteiger partial charge in [-0.05, 0) is 12.1 Å². The van der Waals surface area contributed by atoms with Crippen molar-refractivity contribution < 1.29 is 13.2 Å². The number of rotatable bonds is 1. The van der Waals surface area contributed by atoms with E-state index in [2.05, 4.69) is 0 Å². The molecular weight excluding hydrogens is 250 g/mol. The Hall–Kier alpha value is -0.610. The summed E-state index contributed by atoms with van der Waals surface area (Å²) in [7, 11) is 3.02. The van der Waals surface area contributed by atoms with Crippen LogP contribution in [0.5, 0.6) is 0 Å². The van der Waals surface area contributed by atoms with Crippen LogP contribution in [0.25, 0.3) is 0 Å². The van der Waals surface area contributed by atoms with Crippen LogP contribution in [0.1, 0.15) is 5.56 Å². The zero-order chi connectivity index (χ0) is 11.8. The fraction of sp³-hybridized carbons (Fsp3) is 0.333. The summed E-state index contributed by atoms with van der Waals surface area (Å²) in [6.07, 6.45) is -4.44. The topological polar surface area (TPSA) is 3.24 Å². The molecule has 1 aromatic rings. The normalized spacial score (nSPS) is 11.7. The van der Waals surface area contributed by atoms with Crippen molar-refractivity contribution in [2.45, 2.75) is 6.18 Å². The van der Waals surface area contributed by atoms with Gasteiger partial charge in [0.25, 0.3) is 0 Å². The van der Waals surface area contributed by atoms with E-state index in [1.54, 1.807) is 0 Å². The molecule has 0 spiro atoms. The summed E-state index contributed by atoms with van der Waals surface area (Å²) < 4.78 is 37.8. The van der Waals surface area contributed by atoms with E-state index in [9.17, 15) is 13.2 Å². The first-order valence-electron chi connectivity index (χ1n) is 3.97. The molecule has 0 amide bonds. The monoisotopic (exact) mass is 257 g/mol. The van der Waals surface area contributed by atoms with Gasteiger partial charge in [-0.15, -0.1) is 0 Å². The van der Waals surface area contributed by atoms with Gasteiger partial charge in [0.1, 0.15) is 0 Å². The molecule has 0 saturated heterocycles. The van der Waals surface area contributed by atoms with E-state index < -0.39 is 11.7 Å². The molecule has 0 aliphatic carbocycles. The lowest BCUT2D eigenvalue weighted by Gasteiger charge is -2.20. The second-order valence-electron chi connectivity index (χ2n) is 3.18. The zero-order valence-corrected chi connectivity index (χ0v) is 9.50. The predicted octanol–water partition coefficient (Wildman–Crippen LogP) is 4.08. The first-order chi connectivity index (χ1) is 6.73. The van der Waals surface area contributed by atoms with Gasteiger partial charge in [0.15, 0.2) is 0 Å². The van der Waals surface area contributed by atoms with Crippen LogP contribution < -0.4 is 4.90 Å². The van der Waals surface area contributed by atoms with Crippen LogP contribution in [-0.4, -0.2) is 14.1 Å². The maximum Gasteiger partial charge on any atom is 0.418 e. The predicted molar refractivity (Wildman–Crippen MR) is 55.8 cm³/mol. The lowest BCUT2D eigenvalue weighted by Crippen LogP contribution is -2.16. The minimum absolute atomic E-state index is 0.00287. The quantitative estimate of drug-likeness (QED) is 0.733. The van der Waals surface area contributed by atoms with Crippen molar-refractivity contribution in [1.82, 2.24) is 0 Å². The Morgan fingerprint density at radius 3 is 1.93 bits per heavy atom. The van der Waals surface area contributed by atoms with Crippen LogP contribution in [0, 0.1) is 0 Å². The molecule has 0 bridgehead atoms. The summed E-state index contributed by atoms with van der Waals surface area (Å²) in [6, 6.07) is 2.03. The van der Waals surface area contributed by atoms with Crippen molar-refractivity contribution in [3.8, 4) is 0 Å². The average molecular weight is 258 g/mol. The Morgan fingerprint density at radius 2 is 1.53 bits per heavy atom. The number of hydrogen-bond donors (Lipinski definition) is 0. The van der Waals surface area contributed by atoms with Gasteiger partial charge in [0.2, 0.25) is 0 Å². The van der Waals surface area contributed by atoms with Gasteiger partial charge in [0, 0.05) is 14.1 Å². The summed E-state index contributed by atoms with van der Waals surface area (Å²) in [6.45, 7) is 0. The Labute approximate surface area is 95.4 Å². The maximum absolute atomic E-state index is 12.6. The summed E-state index contributed by atoms with van der Waals surface area (Å²) in [5.74, 6) is 0. The average Bonchev–Trinajstić information content (AvgIpc) is 2.06. The molecule has 0 radical (unpaired) electrons. The molecule has 0 N–H and O–H groups in total. The number of alkyl halides is 3. The molecule has 0 atom stereocenters. The number of hydrogen-bond acceptors (Lipinski definition) is 1. The first-order valence-corrected chi connectivity index (χ1v) is 4.72. The molecule has 0 heterocycles. The van der Waals surface area contributed by atoms with Gasteiger partial charge in [-0.25, -0.2) is 0 Å². The van der Waals surface area contributed by atoms with Gasteiger partial charge in [-0.2, -0.15) is 13.2 Å². The van der Waals surface area contributed by atoms with Crippen molar-refractivity contribution in [2.24, 2.45) is 0 Å². The van der Waals surface area contributed by atoms with Gasteiger partial charge >= 0.3 is 6.18 Å². The molecule has 0 unspecified atom stereocenters. The van der Waals surface area contributed by atoms with E-state index in [0.717, 1.165) is 6.07 Å². The number of anilines is 1. The minimum Gasteiger partial charge on any atom is -0.377 e. The molecule has 1 aromatic carbocycles. The Morgan fingerprint density at radius 1 is 1.07 bits per heavy atom. The van der Waals surface area contributed by atoms with Crippen LogP contribution >= 0.6 is 23.2 Å². The van der Waals surface area contributed by atoms with Crippen LogP contribution in [0.15, 0.2) is 12.1 Å². The summed E-state index contributed by atoms with van der Waals surface area (Å²) in [5.41, 5.74) is -0.793. The van der Waals surface area contributed by atoms with Crippen LogP contribution in [0.3, 0.4) is 0 Å². The zero-order valence-electron chi connectivity index (χ0n) is 7.99. The van der Waals surface area contributed by atoms with Crippen molar-refractivity contribution in [3.63, 3.8) is 0 Å². The van der Waals surface area contributed by atoms with E-state index in [1.807, 2.05) is 0 Å². The molecule has 84 valence electrons. The molecule has 0 aliphatic heterocycles.